The van der Waals surface area contributed by atoms with Gasteiger partial charge in [-0.2, -0.15) is 0 Å². The summed E-state index contributed by atoms with van der Waals surface area (Å²) in [5.74, 6) is 5.45. The maximum absolute atomic E-state index is 14.8. The molecule has 0 N–H and O–H groups in total. The first-order valence-electron chi connectivity index (χ1n) is 13.1. The van der Waals surface area contributed by atoms with Crippen LogP contribution in [0.25, 0.3) is 0 Å². The van der Waals surface area contributed by atoms with Crippen molar-refractivity contribution in [2.24, 2.45) is 29.6 Å². The predicted molar refractivity (Wildman–Crippen MR) is 126 cm³/mol. The van der Waals surface area contributed by atoms with Gasteiger partial charge in [0.05, 0.1) is 0 Å². The van der Waals surface area contributed by atoms with Crippen LogP contribution in [0.15, 0.2) is 30.4 Å². The first-order valence-corrected chi connectivity index (χ1v) is 13.1. The largest absolute Gasteiger partial charge is 0.207 e. The Hall–Kier alpha value is -1.11. The van der Waals surface area contributed by atoms with Gasteiger partial charge >= 0.3 is 0 Å². The summed E-state index contributed by atoms with van der Waals surface area (Å²) in [5, 5.41) is 0. The molecule has 3 aliphatic carbocycles. The summed E-state index contributed by atoms with van der Waals surface area (Å²) in [5.41, 5.74) is 2.13. The smallest absolute Gasteiger partial charge is 0.126 e. The van der Waals surface area contributed by atoms with E-state index in [9.17, 15) is 4.39 Å². The van der Waals surface area contributed by atoms with Crippen molar-refractivity contribution in [1.82, 2.24) is 0 Å². The molecule has 0 bridgehead atoms. The number of fused-ring (bicyclic) bond motifs is 1. The molecule has 0 heterocycles. The van der Waals surface area contributed by atoms with E-state index in [1.54, 1.807) is 6.07 Å². The summed E-state index contributed by atoms with van der Waals surface area (Å²) in [6, 6.07) is 6.07. The molecule has 1 aromatic rings. The van der Waals surface area contributed by atoms with Crippen LogP contribution < -0.4 is 0 Å². The lowest BCUT2D eigenvalue weighted by Gasteiger charge is -2.45. The molecule has 1 heteroatoms. The zero-order valence-corrected chi connectivity index (χ0v) is 19.4. The van der Waals surface area contributed by atoms with E-state index in [4.69, 9.17) is 0 Å². The minimum absolute atomic E-state index is 0.0459. The number of halogens is 1. The summed E-state index contributed by atoms with van der Waals surface area (Å²) in [6.45, 7) is 4.43. The van der Waals surface area contributed by atoms with Gasteiger partial charge in [0.25, 0.3) is 0 Å². The van der Waals surface area contributed by atoms with Gasteiger partial charge < -0.3 is 0 Å². The highest BCUT2D eigenvalue weighted by Gasteiger charge is 2.38. The highest BCUT2D eigenvalue weighted by atomic mass is 19.1. The summed E-state index contributed by atoms with van der Waals surface area (Å²) >= 11 is 0. The van der Waals surface area contributed by atoms with Crippen LogP contribution in [0.1, 0.15) is 108 Å². The second kappa shape index (κ2) is 10.5. The predicted octanol–water partition coefficient (Wildman–Crippen LogP) is 8.85. The highest BCUT2D eigenvalue weighted by molar-refractivity contribution is 5.28. The lowest BCUT2D eigenvalue weighted by Crippen LogP contribution is -2.34. The average Bonchev–Trinajstić information content (AvgIpc) is 2.79. The van der Waals surface area contributed by atoms with Crippen molar-refractivity contribution in [1.29, 1.82) is 0 Å². The van der Waals surface area contributed by atoms with Crippen LogP contribution in [0.4, 0.5) is 4.39 Å². The Kier molecular flexibility index (Phi) is 7.71. The van der Waals surface area contributed by atoms with E-state index >= 15 is 0 Å². The van der Waals surface area contributed by atoms with E-state index in [0.717, 1.165) is 53.6 Å². The Morgan fingerprint density at radius 2 is 1.53 bits per heavy atom. The zero-order valence-electron chi connectivity index (χ0n) is 19.4. The van der Waals surface area contributed by atoms with Crippen LogP contribution in [-0.2, 0) is 6.42 Å². The van der Waals surface area contributed by atoms with Crippen LogP contribution in [0.3, 0.4) is 0 Å². The van der Waals surface area contributed by atoms with Crippen molar-refractivity contribution in [3.63, 3.8) is 0 Å². The van der Waals surface area contributed by atoms with E-state index in [2.05, 4.69) is 31.2 Å². The molecule has 3 fully saturated rings. The molecule has 1 aromatic carbocycles. The molecule has 4 rings (SSSR count). The third kappa shape index (κ3) is 5.20. The molecule has 0 nitrogen and oxygen atoms in total. The first-order chi connectivity index (χ1) is 14.7. The Balaban J connectivity index is 1.28. The third-order valence-electron chi connectivity index (χ3n) is 9.12. The van der Waals surface area contributed by atoms with Gasteiger partial charge in [-0.15, -0.1) is 0 Å². The number of allylic oxidation sites excluding steroid dienone is 2. The van der Waals surface area contributed by atoms with Crippen molar-refractivity contribution in [2.75, 3.05) is 0 Å². The maximum Gasteiger partial charge on any atom is 0.126 e. The molecule has 3 aliphatic rings. The van der Waals surface area contributed by atoms with Gasteiger partial charge in [0, 0.05) is 0 Å². The second-order valence-electron chi connectivity index (χ2n) is 10.8. The van der Waals surface area contributed by atoms with Gasteiger partial charge in [0.2, 0.25) is 0 Å². The lowest BCUT2D eigenvalue weighted by molar-refractivity contribution is 0.0628. The average molecular weight is 411 g/mol. The van der Waals surface area contributed by atoms with Crippen molar-refractivity contribution in [3.05, 3.63) is 47.3 Å². The molecular formula is C29H43F. The van der Waals surface area contributed by atoms with E-state index in [1.165, 1.54) is 70.6 Å². The molecule has 4 atom stereocenters. The summed E-state index contributed by atoms with van der Waals surface area (Å²) < 4.78 is 14.8. The minimum Gasteiger partial charge on any atom is -0.207 e. The number of benzene rings is 1. The molecular weight excluding hydrogens is 367 g/mol. The Bertz CT molecular complexity index is 696. The lowest BCUT2D eigenvalue weighted by atomic mass is 9.60. The molecule has 4 unspecified atom stereocenters. The topological polar surface area (TPSA) is 0 Å². The van der Waals surface area contributed by atoms with Gasteiger partial charge in [0.1, 0.15) is 5.82 Å². The normalized spacial score (nSPS) is 34.8. The van der Waals surface area contributed by atoms with Gasteiger partial charge in [-0.25, -0.2) is 4.39 Å². The Morgan fingerprint density at radius 3 is 2.23 bits per heavy atom. The van der Waals surface area contributed by atoms with Crippen LogP contribution in [0, 0.1) is 35.4 Å². The van der Waals surface area contributed by atoms with Crippen molar-refractivity contribution in [3.8, 4) is 0 Å². The van der Waals surface area contributed by atoms with Crippen LogP contribution in [0.5, 0.6) is 0 Å². The van der Waals surface area contributed by atoms with Crippen LogP contribution >= 0.6 is 0 Å². The second-order valence-corrected chi connectivity index (χ2v) is 10.8. The Morgan fingerprint density at radius 1 is 0.867 bits per heavy atom. The van der Waals surface area contributed by atoms with Gasteiger partial charge in [-0.3, -0.25) is 0 Å². The fourth-order valence-electron chi connectivity index (χ4n) is 7.20. The fraction of sp³-hybridized carbons (Fsp3) is 0.724. The first kappa shape index (κ1) is 22.1. The molecule has 3 saturated carbocycles. The van der Waals surface area contributed by atoms with Crippen molar-refractivity contribution in [2.45, 2.75) is 103 Å². The zero-order chi connectivity index (χ0) is 20.9. The van der Waals surface area contributed by atoms with Crippen molar-refractivity contribution < 1.29 is 4.39 Å². The maximum atomic E-state index is 14.8. The van der Waals surface area contributed by atoms with Crippen LogP contribution in [-0.4, -0.2) is 0 Å². The molecule has 30 heavy (non-hydrogen) atoms. The van der Waals surface area contributed by atoms with Crippen LogP contribution in [0.2, 0.25) is 0 Å². The van der Waals surface area contributed by atoms with E-state index in [0.29, 0.717) is 5.92 Å². The molecule has 0 saturated heterocycles. The highest BCUT2D eigenvalue weighted by Crippen LogP contribution is 2.50. The number of rotatable bonds is 6. The van der Waals surface area contributed by atoms with Gasteiger partial charge in [-0.05, 0) is 130 Å². The van der Waals surface area contributed by atoms with Gasteiger partial charge in [-0.1, -0.05) is 44.1 Å². The molecule has 166 valence electrons. The molecule has 0 aliphatic heterocycles. The summed E-state index contributed by atoms with van der Waals surface area (Å²) in [6.07, 6.45) is 21.6. The van der Waals surface area contributed by atoms with Gasteiger partial charge in [0.15, 0.2) is 0 Å². The molecule has 0 radical (unpaired) electrons. The van der Waals surface area contributed by atoms with E-state index in [-0.39, 0.29) is 5.82 Å². The Labute approximate surface area is 184 Å². The van der Waals surface area contributed by atoms with E-state index in [1.807, 2.05) is 6.92 Å². The fourth-order valence-corrected chi connectivity index (χ4v) is 7.20. The summed E-state index contributed by atoms with van der Waals surface area (Å²) in [7, 11) is 0. The molecule has 0 aromatic heterocycles. The quantitative estimate of drug-likeness (QED) is 0.411. The third-order valence-corrected chi connectivity index (χ3v) is 9.12. The number of aryl methyl sites for hydroxylation is 1. The minimum atomic E-state index is 0.0459. The number of hydrogen-bond acceptors (Lipinski definition) is 0. The SMILES string of the molecule is C/C=C/CCc1ccc(C2CCC(C3CCC4CC(CC)CCC4C3)CC2)c(F)c1. The molecule has 0 amide bonds. The molecule has 0 spiro atoms. The van der Waals surface area contributed by atoms with E-state index < -0.39 is 0 Å². The summed E-state index contributed by atoms with van der Waals surface area (Å²) in [4.78, 5) is 0. The standard InChI is InChI=1S/C29H43F/c1-3-5-6-7-22-9-17-28(29(30)19-22)24-13-11-23(12-14-24)26-16-15-25-18-21(4-2)8-10-27(25)20-26/h3,5,9,17,19,21,23-27H,4,6-8,10-16,18,20H2,1-2H3/b5-3+. The monoisotopic (exact) mass is 410 g/mol. The van der Waals surface area contributed by atoms with Crippen molar-refractivity contribution >= 4 is 0 Å². The number of hydrogen-bond donors (Lipinski definition) is 0.